The van der Waals surface area contributed by atoms with Crippen molar-refractivity contribution in [1.29, 1.82) is 0 Å². The first-order valence-electron chi connectivity index (χ1n) is 7.28. The Labute approximate surface area is 122 Å². The minimum atomic E-state index is 0.331. The molecule has 2 atom stereocenters. The number of hydrogen-bond acceptors (Lipinski definition) is 4. The summed E-state index contributed by atoms with van der Waals surface area (Å²) in [6, 6.07) is 6.82. The second kappa shape index (κ2) is 6.95. The van der Waals surface area contributed by atoms with Crippen molar-refractivity contribution in [3.05, 3.63) is 23.8 Å². The third kappa shape index (κ3) is 4.12. The molecule has 1 aromatic rings. The van der Waals surface area contributed by atoms with Crippen molar-refractivity contribution in [3.8, 4) is 5.75 Å². The summed E-state index contributed by atoms with van der Waals surface area (Å²) in [6.45, 7) is 3.90. The van der Waals surface area contributed by atoms with Crippen LogP contribution in [0, 0.1) is 0 Å². The molecule has 0 bridgehead atoms. The van der Waals surface area contributed by atoms with Crippen LogP contribution in [0.3, 0.4) is 0 Å². The summed E-state index contributed by atoms with van der Waals surface area (Å²) in [4.78, 5) is 2.17. The van der Waals surface area contributed by atoms with Crippen LogP contribution in [-0.4, -0.2) is 44.9 Å². The zero-order valence-electron chi connectivity index (χ0n) is 13.0. The Morgan fingerprint density at radius 2 is 2.20 bits per heavy atom. The van der Waals surface area contributed by atoms with Crippen molar-refractivity contribution < 1.29 is 9.47 Å². The first-order valence-corrected chi connectivity index (χ1v) is 7.28. The highest BCUT2D eigenvalue weighted by molar-refractivity contribution is 5.58. The lowest BCUT2D eigenvalue weighted by Crippen LogP contribution is -2.32. The predicted octanol–water partition coefficient (Wildman–Crippen LogP) is 2.74. The van der Waals surface area contributed by atoms with Crippen LogP contribution >= 0.6 is 0 Å². The number of methoxy groups -OCH3 is 1. The number of benzene rings is 1. The summed E-state index contributed by atoms with van der Waals surface area (Å²) >= 11 is 0. The van der Waals surface area contributed by atoms with Gasteiger partial charge in [-0.25, -0.2) is 0 Å². The number of hydrogen-bond donors (Lipinski definition) is 1. The summed E-state index contributed by atoms with van der Waals surface area (Å²) in [5.41, 5.74) is 2.38. The van der Waals surface area contributed by atoms with Gasteiger partial charge in [0.15, 0.2) is 0 Å². The Kier molecular flexibility index (Phi) is 5.26. The molecule has 1 aliphatic rings. The van der Waals surface area contributed by atoms with Gasteiger partial charge in [-0.3, -0.25) is 0 Å². The van der Waals surface area contributed by atoms with E-state index in [0.717, 1.165) is 37.4 Å². The smallest absolute Gasteiger partial charge is 0.141 e. The summed E-state index contributed by atoms with van der Waals surface area (Å²) in [5, 5.41) is 3.62. The van der Waals surface area contributed by atoms with Gasteiger partial charge in [0.1, 0.15) is 5.75 Å². The van der Waals surface area contributed by atoms with Gasteiger partial charge in [0.05, 0.1) is 18.9 Å². The van der Waals surface area contributed by atoms with Crippen LogP contribution in [0.4, 0.5) is 5.69 Å². The molecule has 0 amide bonds. The van der Waals surface area contributed by atoms with Gasteiger partial charge in [-0.2, -0.15) is 0 Å². The van der Waals surface area contributed by atoms with Crippen molar-refractivity contribution in [3.63, 3.8) is 0 Å². The maximum absolute atomic E-state index is 5.60. The van der Waals surface area contributed by atoms with Gasteiger partial charge in [0, 0.05) is 19.2 Å². The highest BCUT2D eigenvalue weighted by Crippen LogP contribution is 2.28. The molecular weight excluding hydrogens is 252 g/mol. The van der Waals surface area contributed by atoms with Crippen LogP contribution in [0.25, 0.3) is 0 Å². The lowest BCUT2D eigenvalue weighted by Gasteiger charge is -2.29. The van der Waals surface area contributed by atoms with E-state index < -0.39 is 0 Å². The quantitative estimate of drug-likeness (QED) is 0.898. The Morgan fingerprint density at radius 3 is 2.85 bits per heavy atom. The van der Waals surface area contributed by atoms with Gasteiger partial charge in [-0.1, -0.05) is 6.07 Å². The van der Waals surface area contributed by atoms with Crippen LogP contribution in [0.2, 0.25) is 0 Å². The van der Waals surface area contributed by atoms with E-state index in [0.29, 0.717) is 12.1 Å². The Bertz CT molecular complexity index is 434. The first-order chi connectivity index (χ1) is 9.58. The molecular formula is C16H26N2O2. The third-order valence-corrected chi connectivity index (χ3v) is 3.61. The number of rotatable bonds is 5. The van der Waals surface area contributed by atoms with E-state index in [4.69, 9.17) is 9.47 Å². The van der Waals surface area contributed by atoms with E-state index in [9.17, 15) is 0 Å². The Balaban J connectivity index is 2.11. The minimum Gasteiger partial charge on any atom is -0.495 e. The Morgan fingerprint density at radius 1 is 1.40 bits per heavy atom. The number of nitrogens with zero attached hydrogens (tertiary/aromatic N) is 1. The monoisotopic (exact) mass is 278 g/mol. The minimum absolute atomic E-state index is 0.331. The van der Waals surface area contributed by atoms with Crippen LogP contribution in [0.1, 0.15) is 25.3 Å². The van der Waals surface area contributed by atoms with Crippen molar-refractivity contribution in [2.24, 2.45) is 0 Å². The number of anilines is 1. The molecule has 1 N–H and O–H groups in total. The predicted molar refractivity (Wildman–Crippen MR) is 82.4 cm³/mol. The lowest BCUT2D eigenvalue weighted by molar-refractivity contribution is 0.0232. The number of nitrogens with one attached hydrogen (secondary N) is 1. The van der Waals surface area contributed by atoms with E-state index in [1.807, 2.05) is 6.07 Å². The van der Waals surface area contributed by atoms with Gasteiger partial charge in [0.2, 0.25) is 0 Å². The summed E-state index contributed by atoms with van der Waals surface area (Å²) < 4.78 is 11.1. The van der Waals surface area contributed by atoms with Crippen molar-refractivity contribution in [2.45, 2.75) is 38.5 Å². The third-order valence-electron chi connectivity index (χ3n) is 3.61. The Hall–Kier alpha value is -1.26. The highest BCUT2D eigenvalue weighted by atomic mass is 16.5. The second-order valence-corrected chi connectivity index (χ2v) is 5.82. The molecule has 1 saturated heterocycles. The van der Waals surface area contributed by atoms with Crippen LogP contribution < -0.4 is 10.1 Å². The molecule has 4 heteroatoms. The molecule has 2 unspecified atom stereocenters. The SMILES string of the molecule is COc1ccc(CN(C)C)cc1NC1CCOC(C)C1. The fourth-order valence-electron chi connectivity index (χ4n) is 2.68. The zero-order valence-corrected chi connectivity index (χ0v) is 13.0. The molecule has 0 radical (unpaired) electrons. The van der Waals surface area contributed by atoms with Crippen molar-refractivity contribution in [1.82, 2.24) is 4.90 Å². The molecule has 20 heavy (non-hydrogen) atoms. The van der Waals surface area contributed by atoms with Gasteiger partial charge in [-0.15, -0.1) is 0 Å². The normalized spacial score (nSPS) is 22.9. The molecule has 4 nitrogen and oxygen atoms in total. The molecule has 1 aromatic carbocycles. The molecule has 1 aliphatic heterocycles. The van der Waals surface area contributed by atoms with E-state index >= 15 is 0 Å². The fourth-order valence-corrected chi connectivity index (χ4v) is 2.68. The maximum Gasteiger partial charge on any atom is 0.141 e. The lowest BCUT2D eigenvalue weighted by atomic mass is 10.0. The summed E-state index contributed by atoms with van der Waals surface area (Å²) in [5.74, 6) is 0.909. The van der Waals surface area contributed by atoms with Gasteiger partial charge >= 0.3 is 0 Å². The first kappa shape index (κ1) is 15.1. The zero-order chi connectivity index (χ0) is 14.5. The van der Waals surface area contributed by atoms with Gasteiger partial charge in [0.25, 0.3) is 0 Å². The van der Waals surface area contributed by atoms with Crippen LogP contribution in [0.15, 0.2) is 18.2 Å². The van der Waals surface area contributed by atoms with E-state index in [1.165, 1.54) is 5.56 Å². The molecule has 1 heterocycles. The fraction of sp³-hybridized carbons (Fsp3) is 0.625. The van der Waals surface area contributed by atoms with Crippen LogP contribution in [0.5, 0.6) is 5.75 Å². The molecule has 1 fully saturated rings. The maximum atomic E-state index is 5.60. The van der Waals surface area contributed by atoms with E-state index in [1.54, 1.807) is 7.11 Å². The molecule has 0 saturated carbocycles. The second-order valence-electron chi connectivity index (χ2n) is 5.82. The van der Waals surface area contributed by atoms with Gasteiger partial charge in [-0.05, 0) is 51.6 Å². The largest absolute Gasteiger partial charge is 0.495 e. The molecule has 112 valence electrons. The molecule has 0 spiro atoms. The molecule has 2 rings (SSSR count). The molecule has 0 aromatic heterocycles. The van der Waals surface area contributed by atoms with Gasteiger partial charge < -0.3 is 19.7 Å². The highest BCUT2D eigenvalue weighted by Gasteiger charge is 2.20. The van der Waals surface area contributed by atoms with Crippen molar-refractivity contribution >= 4 is 5.69 Å². The average molecular weight is 278 g/mol. The molecule has 0 aliphatic carbocycles. The number of ether oxygens (including phenoxy) is 2. The van der Waals surface area contributed by atoms with Crippen molar-refractivity contribution in [2.75, 3.05) is 33.1 Å². The van der Waals surface area contributed by atoms with E-state index in [-0.39, 0.29) is 0 Å². The summed E-state index contributed by atoms with van der Waals surface area (Å²) in [7, 11) is 5.88. The average Bonchev–Trinajstić information content (AvgIpc) is 2.38. The standard InChI is InChI=1S/C16H26N2O2/c1-12-9-14(7-8-20-12)17-15-10-13(11-18(2)3)5-6-16(15)19-4/h5-6,10,12,14,17H,7-9,11H2,1-4H3. The van der Waals surface area contributed by atoms with Crippen LogP contribution in [-0.2, 0) is 11.3 Å². The van der Waals surface area contributed by atoms with E-state index in [2.05, 4.69) is 43.4 Å². The summed E-state index contributed by atoms with van der Waals surface area (Å²) in [6.07, 6.45) is 2.42. The topological polar surface area (TPSA) is 33.7 Å².